The van der Waals surface area contributed by atoms with E-state index in [2.05, 4.69) is 27.0 Å². The van der Waals surface area contributed by atoms with Crippen LogP contribution in [0.5, 0.6) is 5.88 Å². The lowest BCUT2D eigenvalue weighted by Gasteiger charge is -2.02. The van der Waals surface area contributed by atoms with E-state index in [1.54, 1.807) is 7.11 Å². The third-order valence-corrected chi connectivity index (χ3v) is 2.45. The van der Waals surface area contributed by atoms with Crippen molar-refractivity contribution >= 4 is 15.9 Å². The molecule has 64 valence electrons. The molecule has 0 aromatic carbocycles. The Morgan fingerprint density at radius 1 is 1.50 bits per heavy atom. The highest BCUT2D eigenvalue weighted by Crippen LogP contribution is 2.40. The van der Waals surface area contributed by atoms with Crippen molar-refractivity contribution in [2.75, 3.05) is 7.11 Å². The van der Waals surface area contributed by atoms with Crippen molar-refractivity contribution in [1.29, 1.82) is 0 Å². The minimum atomic E-state index is 0.677. The molecule has 0 amide bonds. The summed E-state index contributed by atoms with van der Waals surface area (Å²) in [7, 11) is 1.64. The third-order valence-electron chi connectivity index (χ3n) is 1.99. The summed E-state index contributed by atoms with van der Waals surface area (Å²) in [5.41, 5.74) is 1.15. The van der Waals surface area contributed by atoms with Crippen LogP contribution in [0.25, 0.3) is 0 Å². The van der Waals surface area contributed by atoms with E-state index in [0.717, 1.165) is 10.2 Å². The summed E-state index contributed by atoms with van der Waals surface area (Å²) in [5, 5.41) is 0. The Labute approximate surface area is 80.1 Å². The maximum atomic E-state index is 5.07. The molecule has 0 N–H and O–H groups in total. The molecule has 1 aliphatic rings. The zero-order chi connectivity index (χ0) is 8.55. The summed E-state index contributed by atoms with van der Waals surface area (Å²) in [6, 6.07) is 3.95. The van der Waals surface area contributed by atoms with Gasteiger partial charge in [-0.15, -0.1) is 0 Å². The Morgan fingerprint density at radius 2 is 2.25 bits per heavy atom. The Morgan fingerprint density at radius 3 is 2.83 bits per heavy atom. The van der Waals surface area contributed by atoms with Gasteiger partial charge in [0, 0.05) is 22.2 Å². The van der Waals surface area contributed by atoms with Gasteiger partial charge in [-0.2, -0.15) is 0 Å². The molecule has 3 heteroatoms. The third kappa shape index (κ3) is 1.61. The van der Waals surface area contributed by atoms with Gasteiger partial charge in [0.15, 0.2) is 0 Å². The summed E-state index contributed by atoms with van der Waals surface area (Å²) in [6.07, 6.45) is 2.54. The monoisotopic (exact) mass is 227 g/mol. The first-order chi connectivity index (χ1) is 5.79. The fourth-order valence-corrected chi connectivity index (χ4v) is 1.62. The first-order valence-corrected chi connectivity index (χ1v) is 4.80. The van der Waals surface area contributed by atoms with Crippen molar-refractivity contribution in [1.82, 2.24) is 4.98 Å². The van der Waals surface area contributed by atoms with Crippen LogP contribution in [0.1, 0.15) is 24.5 Å². The molecular formula is C9H10BrNO. The van der Waals surface area contributed by atoms with Gasteiger partial charge in [-0.05, 0) is 18.9 Å². The van der Waals surface area contributed by atoms with Crippen LogP contribution in [0, 0.1) is 0 Å². The Kier molecular flexibility index (Phi) is 2.05. The molecule has 1 aromatic rings. The van der Waals surface area contributed by atoms with Gasteiger partial charge in [-0.1, -0.05) is 15.9 Å². The van der Waals surface area contributed by atoms with Crippen LogP contribution in [0.15, 0.2) is 16.6 Å². The number of hydrogen-bond acceptors (Lipinski definition) is 2. The van der Waals surface area contributed by atoms with Crippen LogP contribution in [-0.4, -0.2) is 12.1 Å². The van der Waals surface area contributed by atoms with Gasteiger partial charge in [0.05, 0.1) is 7.11 Å². The first kappa shape index (κ1) is 8.05. The number of nitrogens with zero attached hydrogens (tertiary/aromatic N) is 1. The number of pyridine rings is 1. The molecule has 0 aliphatic heterocycles. The molecule has 1 fully saturated rings. The van der Waals surface area contributed by atoms with Crippen molar-refractivity contribution in [3.05, 3.63) is 22.3 Å². The Hall–Kier alpha value is -0.570. The molecule has 12 heavy (non-hydrogen) atoms. The second-order valence-corrected chi connectivity index (χ2v) is 3.94. The highest BCUT2D eigenvalue weighted by atomic mass is 79.9. The molecule has 0 atom stereocenters. The molecule has 0 unspecified atom stereocenters. The lowest BCUT2D eigenvalue weighted by Crippen LogP contribution is -1.91. The van der Waals surface area contributed by atoms with E-state index in [4.69, 9.17) is 4.74 Å². The molecular weight excluding hydrogens is 218 g/mol. The topological polar surface area (TPSA) is 22.1 Å². The Bertz CT molecular complexity index is 297. The molecule has 1 aromatic heterocycles. The maximum absolute atomic E-state index is 5.07. The predicted molar refractivity (Wildman–Crippen MR) is 50.5 cm³/mol. The van der Waals surface area contributed by atoms with Crippen LogP contribution in [0.2, 0.25) is 0 Å². The molecule has 0 bridgehead atoms. The molecule has 1 saturated carbocycles. The van der Waals surface area contributed by atoms with E-state index in [-0.39, 0.29) is 0 Å². The average Bonchev–Trinajstić information content (AvgIpc) is 2.85. The van der Waals surface area contributed by atoms with E-state index in [1.807, 2.05) is 6.07 Å². The van der Waals surface area contributed by atoms with Crippen LogP contribution in [0.3, 0.4) is 0 Å². The number of ether oxygens (including phenoxy) is 1. The lowest BCUT2D eigenvalue weighted by molar-refractivity contribution is 0.396. The summed E-state index contributed by atoms with van der Waals surface area (Å²) >= 11 is 3.43. The molecule has 1 aliphatic carbocycles. The van der Waals surface area contributed by atoms with Gasteiger partial charge in [-0.25, -0.2) is 4.98 Å². The summed E-state index contributed by atoms with van der Waals surface area (Å²) in [4.78, 5) is 4.36. The van der Waals surface area contributed by atoms with Gasteiger partial charge < -0.3 is 4.74 Å². The molecule has 2 nitrogen and oxygen atoms in total. The van der Waals surface area contributed by atoms with Gasteiger partial charge >= 0.3 is 0 Å². The van der Waals surface area contributed by atoms with Gasteiger partial charge in [0.25, 0.3) is 0 Å². The normalized spacial score (nSPS) is 16.2. The van der Waals surface area contributed by atoms with Crippen molar-refractivity contribution in [2.24, 2.45) is 0 Å². The molecule has 0 radical (unpaired) electrons. The van der Waals surface area contributed by atoms with Gasteiger partial charge in [-0.3, -0.25) is 0 Å². The van der Waals surface area contributed by atoms with E-state index >= 15 is 0 Å². The summed E-state index contributed by atoms with van der Waals surface area (Å²) in [6.45, 7) is 0. The summed E-state index contributed by atoms with van der Waals surface area (Å²) in [5.74, 6) is 1.38. The highest BCUT2D eigenvalue weighted by molar-refractivity contribution is 9.10. The fourth-order valence-electron chi connectivity index (χ4n) is 1.19. The molecule has 1 heterocycles. The van der Waals surface area contributed by atoms with Gasteiger partial charge in [0.2, 0.25) is 5.88 Å². The molecule has 2 rings (SSSR count). The van der Waals surface area contributed by atoms with Crippen molar-refractivity contribution in [3.63, 3.8) is 0 Å². The quantitative estimate of drug-likeness (QED) is 0.776. The predicted octanol–water partition coefficient (Wildman–Crippen LogP) is 2.73. The van der Waals surface area contributed by atoms with Crippen molar-refractivity contribution in [3.8, 4) is 5.88 Å². The number of rotatable bonds is 2. The van der Waals surface area contributed by atoms with Crippen molar-refractivity contribution in [2.45, 2.75) is 18.8 Å². The SMILES string of the molecule is COc1cc(Br)cc(C2CC2)n1. The highest BCUT2D eigenvalue weighted by Gasteiger charge is 2.25. The molecule has 0 spiro atoms. The lowest BCUT2D eigenvalue weighted by atomic mass is 10.2. The van der Waals surface area contributed by atoms with E-state index in [1.165, 1.54) is 12.8 Å². The fraction of sp³-hybridized carbons (Fsp3) is 0.444. The van der Waals surface area contributed by atoms with Crippen LogP contribution in [0.4, 0.5) is 0 Å². The number of halogens is 1. The van der Waals surface area contributed by atoms with E-state index < -0.39 is 0 Å². The second kappa shape index (κ2) is 3.05. The number of aromatic nitrogens is 1. The standard InChI is InChI=1S/C9H10BrNO/c1-12-9-5-7(10)4-8(11-9)6-2-3-6/h4-6H,2-3H2,1H3. The zero-order valence-corrected chi connectivity index (χ0v) is 8.47. The molecule has 0 saturated heterocycles. The average molecular weight is 228 g/mol. The van der Waals surface area contributed by atoms with Crippen LogP contribution >= 0.6 is 15.9 Å². The zero-order valence-electron chi connectivity index (χ0n) is 6.88. The largest absolute Gasteiger partial charge is 0.481 e. The Balaban J connectivity index is 2.34. The first-order valence-electron chi connectivity index (χ1n) is 4.01. The minimum absolute atomic E-state index is 0.677. The van der Waals surface area contributed by atoms with Crippen molar-refractivity contribution < 1.29 is 4.74 Å². The smallest absolute Gasteiger partial charge is 0.214 e. The minimum Gasteiger partial charge on any atom is -0.481 e. The number of methoxy groups -OCH3 is 1. The van der Waals surface area contributed by atoms with Gasteiger partial charge in [0.1, 0.15) is 0 Å². The maximum Gasteiger partial charge on any atom is 0.214 e. The van der Waals surface area contributed by atoms with Crippen LogP contribution in [-0.2, 0) is 0 Å². The summed E-state index contributed by atoms with van der Waals surface area (Å²) < 4.78 is 6.12. The van der Waals surface area contributed by atoms with E-state index in [0.29, 0.717) is 11.8 Å². The van der Waals surface area contributed by atoms with Crippen LogP contribution < -0.4 is 4.74 Å². The van der Waals surface area contributed by atoms with E-state index in [9.17, 15) is 0 Å². The number of hydrogen-bond donors (Lipinski definition) is 0. The second-order valence-electron chi connectivity index (χ2n) is 3.03.